The van der Waals surface area contributed by atoms with Gasteiger partial charge < -0.3 is 5.11 Å². The topological polar surface area (TPSA) is 37.3 Å². The Labute approximate surface area is 173 Å². The molecule has 0 aromatic heterocycles. The fourth-order valence-corrected chi connectivity index (χ4v) is 3.77. The van der Waals surface area contributed by atoms with Crippen molar-refractivity contribution >= 4 is 11.5 Å². The first-order chi connectivity index (χ1) is 13.1. The largest absolute Gasteiger partial charge is 0.481 e. The number of carboxylic acid groups (broad SMARTS) is 1. The minimum absolute atomic E-state index is 0.145. The standard InChI is InChI=1S/C26H42O2/c1-8-11-12-13-20(9-2)23(18-25(4,5)10-3)21-14-16-22(17-15-21)26(6,7)19-24(27)28/h14-18,20H,8-13,19H2,1-7H3,(H,27,28)/b23-18+. The second-order valence-electron chi connectivity index (χ2n) is 9.57. The van der Waals surface area contributed by atoms with E-state index in [0.717, 1.165) is 18.4 Å². The van der Waals surface area contributed by atoms with Gasteiger partial charge in [0.25, 0.3) is 0 Å². The van der Waals surface area contributed by atoms with Crippen LogP contribution in [0.3, 0.4) is 0 Å². The Morgan fingerprint density at radius 1 is 1.04 bits per heavy atom. The van der Waals surface area contributed by atoms with E-state index in [1.54, 1.807) is 0 Å². The SMILES string of the molecule is CCCCCC(CC)/C(=C\C(C)(C)CC)c1ccc(C(C)(C)CC(=O)O)cc1. The van der Waals surface area contributed by atoms with Crippen molar-refractivity contribution < 1.29 is 9.90 Å². The highest BCUT2D eigenvalue weighted by atomic mass is 16.4. The molecule has 2 nitrogen and oxygen atoms in total. The summed E-state index contributed by atoms with van der Waals surface area (Å²) in [6, 6.07) is 8.67. The minimum Gasteiger partial charge on any atom is -0.481 e. The summed E-state index contributed by atoms with van der Waals surface area (Å²) in [5, 5.41) is 9.21. The molecule has 0 aliphatic heterocycles. The number of rotatable bonds is 12. The molecular weight excluding hydrogens is 344 g/mol. The molecule has 1 rings (SSSR count). The highest BCUT2D eigenvalue weighted by molar-refractivity contribution is 5.70. The van der Waals surface area contributed by atoms with Gasteiger partial charge in [0.2, 0.25) is 0 Å². The van der Waals surface area contributed by atoms with Crippen LogP contribution in [0.25, 0.3) is 5.57 Å². The fraction of sp³-hybridized carbons (Fsp3) is 0.654. The number of allylic oxidation sites excluding steroid dienone is 2. The van der Waals surface area contributed by atoms with E-state index in [2.05, 4.69) is 65.0 Å². The van der Waals surface area contributed by atoms with Gasteiger partial charge in [-0.25, -0.2) is 0 Å². The van der Waals surface area contributed by atoms with Crippen LogP contribution in [0.5, 0.6) is 0 Å². The van der Waals surface area contributed by atoms with Crippen LogP contribution in [0.4, 0.5) is 0 Å². The van der Waals surface area contributed by atoms with Gasteiger partial charge in [0.05, 0.1) is 6.42 Å². The lowest BCUT2D eigenvalue weighted by Crippen LogP contribution is -2.21. The number of carbonyl (C=O) groups is 1. The summed E-state index contributed by atoms with van der Waals surface area (Å²) in [7, 11) is 0. The second kappa shape index (κ2) is 10.8. The molecule has 0 saturated heterocycles. The zero-order chi connectivity index (χ0) is 21.4. The van der Waals surface area contributed by atoms with Crippen molar-refractivity contribution in [3.05, 3.63) is 41.5 Å². The van der Waals surface area contributed by atoms with Crippen LogP contribution in [-0.2, 0) is 10.2 Å². The summed E-state index contributed by atoms with van der Waals surface area (Å²) in [5.74, 6) is -0.170. The number of hydrogen-bond acceptors (Lipinski definition) is 1. The molecule has 0 bridgehead atoms. The van der Waals surface area contributed by atoms with Gasteiger partial charge in [-0.3, -0.25) is 4.79 Å². The van der Waals surface area contributed by atoms with E-state index in [-0.39, 0.29) is 17.3 Å². The van der Waals surface area contributed by atoms with E-state index in [0.29, 0.717) is 5.92 Å². The van der Waals surface area contributed by atoms with Crippen molar-refractivity contribution in [2.75, 3.05) is 0 Å². The lowest BCUT2D eigenvalue weighted by molar-refractivity contribution is -0.138. The van der Waals surface area contributed by atoms with Crippen molar-refractivity contribution in [2.24, 2.45) is 11.3 Å². The van der Waals surface area contributed by atoms with Crippen LogP contribution < -0.4 is 0 Å². The summed E-state index contributed by atoms with van der Waals surface area (Å²) in [4.78, 5) is 11.2. The summed E-state index contributed by atoms with van der Waals surface area (Å²) in [6.07, 6.45) is 9.97. The number of aliphatic carboxylic acids is 1. The first-order valence-corrected chi connectivity index (χ1v) is 11.1. The predicted molar refractivity (Wildman–Crippen MR) is 122 cm³/mol. The maximum Gasteiger partial charge on any atom is 0.304 e. The maximum atomic E-state index is 11.2. The fourth-order valence-electron chi connectivity index (χ4n) is 3.77. The van der Waals surface area contributed by atoms with E-state index in [9.17, 15) is 9.90 Å². The van der Waals surface area contributed by atoms with Gasteiger partial charge in [-0.15, -0.1) is 0 Å². The Kier molecular flexibility index (Phi) is 9.47. The Bertz CT molecular complexity index is 635. The average Bonchev–Trinajstić information content (AvgIpc) is 2.63. The van der Waals surface area contributed by atoms with Crippen LogP contribution >= 0.6 is 0 Å². The zero-order valence-electron chi connectivity index (χ0n) is 19.3. The molecule has 158 valence electrons. The third-order valence-corrected chi connectivity index (χ3v) is 6.14. The molecular formula is C26H42O2. The summed E-state index contributed by atoms with van der Waals surface area (Å²) < 4.78 is 0. The van der Waals surface area contributed by atoms with Crippen LogP contribution in [0.2, 0.25) is 0 Å². The number of benzene rings is 1. The van der Waals surface area contributed by atoms with Gasteiger partial charge in [-0.2, -0.15) is 0 Å². The Morgan fingerprint density at radius 2 is 1.64 bits per heavy atom. The van der Waals surface area contributed by atoms with Gasteiger partial charge in [-0.05, 0) is 47.3 Å². The van der Waals surface area contributed by atoms with Crippen LogP contribution in [0.1, 0.15) is 105 Å². The van der Waals surface area contributed by atoms with E-state index in [1.165, 1.54) is 36.8 Å². The van der Waals surface area contributed by atoms with Gasteiger partial charge in [0, 0.05) is 5.41 Å². The molecule has 0 heterocycles. The second-order valence-corrected chi connectivity index (χ2v) is 9.57. The Morgan fingerprint density at radius 3 is 2.11 bits per heavy atom. The summed E-state index contributed by atoms with van der Waals surface area (Å²) in [6.45, 7) is 15.5. The number of unbranched alkanes of at least 4 members (excludes halogenated alkanes) is 2. The molecule has 1 aromatic carbocycles. The van der Waals surface area contributed by atoms with Crippen molar-refractivity contribution in [3.8, 4) is 0 Å². The van der Waals surface area contributed by atoms with Crippen LogP contribution in [0, 0.1) is 11.3 Å². The quantitative estimate of drug-likeness (QED) is 0.371. The summed E-state index contributed by atoms with van der Waals surface area (Å²) >= 11 is 0. The van der Waals surface area contributed by atoms with Crippen molar-refractivity contribution in [3.63, 3.8) is 0 Å². The van der Waals surface area contributed by atoms with E-state index >= 15 is 0 Å². The number of hydrogen-bond donors (Lipinski definition) is 1. The molecule has 0 aliphatic carbocycles. The van der Waals surface area contributed by atoms with Crippen molar-refractivity contribution in [2.45, 2.75) is 98.8 Å². The highest BCUT2D eigenvalue weighted by Gasteiger charge is 2.25. The van der Waals surface area contributed by atoms with Crippen molar-refractivity contribution in [1.82, 2.24) is 0 Å². The minimum atomic E-state index is -0.749. The zero-order valence-corrected chi connectivity index (χ0v) is 19.3. The van der Waals surface area contributed by atoms with Gasteiger partial charge in [0.1, 0.15) is 0 Å². The lowest BCUT2D eigenvalue weighted by Gasteiger charge is -2.27. The van der Waals surface area contributed by atoms with Crippen LogP contribution in [-0.4, -0.2) is 11.1 Å². The molecule has 1 N–H and O–H groups in total. The Balaban J connectivity index is 3.25. The molecule has 0 amide bonds. The highest BCUT2D eigenvalue weighted by Crippen LogP contribution is 2.37. The van der Waals surface area contributed by atoms with E-state index < -0.39 is 5.97 Å². The average molecular weight is 387 g/mol. The van der Waals surface area contributed by atoms with Crippen molar-refractivity contribution in [1.29, 1.82) is 0 Å². The molecule has 1 unspecified atom stereocenters. The van der Waals surface area contributed by atoms with Gasteiger partial charge in [-0.1, -0.05) is 98.1 Å². The smallest absolute Gasteiger partial charge is 0.304 e. The van der Waals surface area contributed by atoms with Crippen LogP contribution in [0.15, 0.2) is 30.3 Å². The number of carboxylic acids is 1. The summed E-state index contributed by atoms with van der Waals surface area (Å²) in [5.41, 5.74) is 3.66. The van der Waals surface area contributed by atoms with E-state index in [4.69, 9.17) is 0 Å². The third-order valence-electron chi connectivity index (χ3n) is 6.14. The van der Waals surface area contributed by atoms with Gasteiger partial charge in [0.15, 0.2) is 0 Å². The molecule has 0 fully saturated rings. The third kappa shape index (κ3) is 7.45. The molecule has 1 atom stereocenters. The lowest BCUT2D eigenvalue weighted by atomic mass is 9.78. The van der Waals surface area contributed by atoms with Gasteiger partial charge >= 0.3 is 5.97 Å². The Hall–Kier alpha value is -1.57. The maximum absolute atomic E-state index is 11.2. The molecule has 28 heavy (non-hydrogen) atoms. The molecule has 0 radical (unpaired) electrons. The van der Waals surface area contributed by atoms with E-state index in [1.807, 2.05) is 13.8 Å². The first-order valence-electron chi connectivity index (χ1n) is 11.1. The predicted octanol–water partition coefficient (Wildman–Crippen LogP) is 7.87. The monoisotopic (exact) mass is 386 g/mol. The molecule has 0 spiro atoms. The normalized spacial score (nSPS) is 14.2. The first kappa shape index (κ1) is 24.5. The molecule has 1 aromatic rings. The molecule has 0 saturated carbocycles. The molecule has 2 heteroatoms. The molecule has 0 aliphatic rings.